The van der Waals surface area contributed by atoms with Crippen LogP contribution in [0.3, 0.4) is 0 Å². The Balaban J connectivity index is 2.46. The SMILES string of the molecule is Cc1nc(C)c(C(C)N(C)CCCCCO)s1. The monoisotopic (exact) mass is 256 g/mol. The average Bonchev–Trinajstić information content (AvgIpc) is 2.62. The van der Waals surface area contributed by atoms with Gasteiger partial charge in [-0.15, -0.1) is 11.3 Å². The van der Waals surface area contributed by atoms with E-state index in [1.165, 1.54) is 10.6 Å². The van der Waals surface area contributed by atoms with Crippen LogP contribution in [0.4, 0.5) is 0 Å². The summed E-state index contributed by atoms with van der Waals surface area (Å²) in [7, 11) is 2.16. The molecule has 1 atom stereocenters. The molecule has 3 nitrogen and oxygen atoms in total. The maximum absolute atomic E-state index is 8.74. The van der Waals surface area contributed by atoms with Crippen molar-refractivity contribution in [2.24, 2.45) is 0 Å². The van der Waals surface area contributed by atoms with E-state index >= 15 is 0 Å². The maximum atomic E-state index is 8.74. The van der Waals surface area contributed by atoms with Gasteiger partial charge in [0.1, 0.15) is 0 Å². The molecule has 0 radical (unpaired) electrons. The fourth-order valence-corrected chi connectivity index (χ4v) is 3.02. The Morgan fingerprint density at radius 3 is 2.53 bits per heavy atom. The van der Waals surface area contributed by atoms with E-state index in [4.69, 9.17) is 5.11 Å². The van der Waals surface area contributed by atoms with Crippen molar-refractivity contribution < 1.29 is 5.11 Å². The van der Waals surface area contributed by atoms with E-state index in [0.717, 1.165) is 30.8 Å². The molecule has 0 aliphatic heterocycles. The molecule has 0 saturated heterocycles. The van der Waals surface area contributed by atoms with E-state index in [0.29, 0.717) is 12.6 Å². The molecule has 17 heavy (non-hydrogen) atoms. The number of hydrogen-bond donors (Lipinski definition) is 1. The fourth-order valence-electron chi connectivity index (χ4n) is 1.98. The van der Waals surface area contributed by atoms with E-state index in [1.54, 1.807) is 11.3 Å². The number of thiazole rings is 1. The number of hydrogen-bond acceptors (Lipinski definition) is 4. The predicted molar refractivity (Wildman–Crippen MR) is 73.6 cm³/mol. The van der Waals surface area contributed by atoms with E-state index in [-0.39, 0.29) is 0 Å². The summed E-state index contributed by atoms with van der Waals surface area (Å²) in [6.45, 7) is 7.79. The Bertz CT molecular complexity index is 338. The molecule has 0 aliphatic carbocycles. The Morgan fingerprint density at radius 1 is 1.29 bits per heavy atom. The molecule has 1 unspecified atom stereocenters. The van der Waals surface area contributed by atoms with Crippen molar-refractivity contribution in [1.29, 1.82) is 0 Å². The summed E-state index contributed by atoms with van der Waals surface area (Å²) in [5.41, 5.74) is 1.17. The third kappa shape index (κ3) is 4.37. The smallest absolute Gasteiger partial charge is 0.0900 e. The third-order valence-corrected chi connectivity index (χ3v) is 4.39. The van der Waals surface area contributed by atoms with Crippen LogP contribution in [-0.2, 0) is 0 Å². The first-order valence-corrected chi connectivity index (χ1v) is 7.13. The zero-order chi connectivity index (χ0) is 12.8. The predicted octanol–water partition coefficient (Wildman–Crippen LogP) is 2.92. The van der Waals surface area contributed by atoms with Crippen LogP contribution in [0.1, 0.15) is 47.8 Å². The van der Waals surface area contributed by atoms with E-state index in [2.05, 4.69) is 37.7 Å². The number of nitrogens with zero attached hydrogens (tertiary/aromatic N) is 2. The molecular weight excluding hydrogens is 232 g/mol. The van der Waals surface area contributed by atoms with Gasteiger partial charge in [0.25, 0.3) is 0 Å². The van der Waals surface area contributed by atoms with Crippen molar-refractivity contribution >= 4 is 11.3 Å². The lowest BCUT2D eigenvalue weighted by Gasteiger charge is -2.24. The molecule has 1 N–H and O–H groups in total. The van der Waals surface area contributed by atoms with Crippen molar-refractivity contribution in [1.82, 2.24) is 9.88 Å². The molecule has 1 aromatic heterocycles. The van der Waals surface area contributed by atoms with Crippen LogP contribution in [-0.4, -0.2) is 35.2 Å². The summed E-state index contributed by atoms with van der Waals surface area (Å²) in [4.78, 5) is 8.24. The zero-order valence-corrected chi connectivity index (χ0v) is 12.2. The first-order chi connectivity index (χ1) is 8.06. The molecule has 0 aromatic carbocycles. The molecule has 0 bridgehead atoms. The molecule has 0 spiro atoms. The highest BCUT2D eigenvalue weighted by molar-refractivity contribution is 7.11. The molecule has 0 fully saturated rings. The molecule has 0 aliphatic rings. The van der Waals surface area contributed by atoms with Gasteiger partial charge < -0.3 is 5.11 Å². The van der Waals surface area contributed by atoms with Crippen molar-refractivity contribution in [2.75, 3.05) is 20.2 Å². The van der Waals surface area contributed by atoms with Gasteiger partial charge in [-0.25, -0.2) is 4.98 Å². The number of aliphatic hydroxyl groups excluding tert-OH is 1. The quantitative estimate of drug-likeness (QED) is 0.762. The summed E-state index contributed by atoms with van der Waals surface area (Å²) >= 11 is 1.80. The van der Waals surface area contributed by atoms with Crippen LogP contribution in [0.5, 0.6) is 0 Å². The van der Waals surface area contributed by atoms with Gasteiger partial charge in [-0.3, -0.25) is 4.90 Å². The second kappa shape index (κ2) is 7.09. The van der Waals surface area contributed by atoms with Gasteiger partial charge in [-0.1, -0.05) is 0 Å². The Kier molecular flexibility index (Phi) is 6.09. The van der Waals surface area contributed by atoms with Gasteiger partial charge >= 0.3 is 0 Å². The summed E-state index contributed by atoms with van der Waals surface area (Å²) in [6, 6.07) is 0.440. The summed E-state index contributed by atoms with van der Waals surface area (Å²) in [6.07, 6.45) is 3.17. The highest BCUT2D eigenvalue weighted by Crippen LogP contribution is 2.28. The van der Waals surface area contributed by atoms with Crippen molar-refractivity contribution in [3.8, 4) is 0 Å². The summed E-state index contributed by atoms with van der Waals surface area (Å²) in [5, 5.41) is 9.89. The molecule has 4 heteroatoms. The third-order valence-electron chi connectivity index (χ3n) is 3.15. The van der Waals surface area contributed by atoms with Gasteiger partial charge in [0.05, 0.1) is 10.7 Å². The maximum Gasteiger partial charge on any atom is 0.0900 e. The molecule has 0 amide bonds. The molecule has 1 aromatic rings. The minimum absolute atomic E-state index is 0.312. The van der Waals surface area contributed by atoms with E-state index in [9.17, 15) is 0 Å². The lowest BCUT2D eigenvalue weighted by atomic mass is 10.2. The van der Waals surface area contributed by atoms with Crippen LogP contribution < -0.4 is 0 Å². The zero-order valence-electron chi connectivity index (χ0n) is 11.4. The van der Waals surface area contributed by atoms with Crippen LogP contribution >= 0.6 is 11.3 Å². The number of unbranched alkanes of at least 4 members (excludes halogenated alkanes) is 2. The minimum Gasteiger partial charge on any atom is -0.396 e. The Hall–Kier alpha value is -0.450. The van der Waals surface area contributed by atoms with Gasteiger partial charge in [0, 0.05) is 17.5 Å². The van der Waals surface area contributed by atoms with Crippen LogP contribution in [0.25, 0.3) is 0 Å². The van der Waals surface area contributed by atoms with E-state index in [1.807, 2.05) is 0 Å². The average molecular weight is 256 g/mol. The van der Waals surface area contributed by atoms with Gasteiger partial charge in [-0.2, -0.15) is 0 Å². The molecular formula is C13H24N2OS. The highest BCUT2D eigenvalue weighted by Gasteiger charge is 2.16. The van der Waals surface area contributed by atoms with E-state index < -0.39 is 0 Å². The summed E-state index contributed by atoms with van der Waals surface area (Å²) < 4.78 is 0. The first kappa shape index (κ1) is 14.6. The molecule has 1 heterocycles. The molecule has 98 valence electrons. The van der Waals surface area contributed by atoms with Gasteiger partial charge in [0.15, 0.2) is 0 Å². The first-order valence-electron chi connectivity index (χ1n) is 6.31. The number of rotatable bonds is 7. The van der Waals surface area contributed by atoms with Crippen LogP contribution in [0.2, 0.25) is 0 Å². The van der Waals surface area contributed by atoms with Crippen LogP contribution in [0.15, 0.2) is 0 Å². The Labute approximate surface area is 108 Å². The van der Waals surface area contributed by atoms with Gasteiger partial charge in [0.2, 0.25) is 0 Å². The second-order valence-electron chi connectivity index (χ2n) is 4.62. The normalized spacial score (nSPS) is 13.3. The largest absolute Gasteiger partial charge is 0.396 e. The highest BCUT2D eigenvalue weighted by atomic mass is 32.1. The number of aryl methyl sites for hydroxylation is 2. The minimum atomic E-state index is 0.312. The topological polar surface area (TPSA) is 36.4 Å². The molecule has 0 saturated carbocycles. The van der Waals surface area contributed by atoms with Crippen molar-refractivity contribution in [3.05, 3.63) is 15.6 Å². The van der Waals surface area contributed by atoms with Crippen molar-refractivity contribution in [3.63, 3.8) is 0 Å². The standard InChI is InChI=1S/C13H24N2OS/c1-10-13(17-12(3)14-10)11(2)15(4)8-6-5-7-9-16/h11,16H,5-9H2,1-4H3. The lowest BCUT2D eigenvalue weighted by molar-refractivity contribution is 0.246. The van der Waals surface area contributed by atoms with Crippen LogP contribution in [0, 0.1) is 13.8 Å². The fraction of sp³-hybridized carbons (Fsp3) is 0.769. The lowest BCUT2D eigenvalue weighted by Crippen LogP contribution is -2.23. The van der Waals surface area contributed by atoms with Crippen molar-refractivity contribution in [2.45, 2.75) is 46.1 Å². The summed E-state index contributed by atoms with van der Waals surface area (Å²) in [5.74, 6) is 0. The van der Waals surface area contributed by atoms with Gasteiger partial charge in [-0.05, 0) is 53.6 Å². The Morgan fingerprint density at radius 2 is 2.00 bits per heavy atom. The molecule has 1 rings (SSSR count). The number of aliphatic hydroxyl groups is 1. The second-order valence-corrected chi connectivity index (χ2v) is 5.86. The number of aromatic nitrogens is 1.